The van der Waals surface area contributed by atoms with Crippen molar-refractivity contribution in [3.05, 3.63) is 80.7 Å². The highest BCUT2D eigenvalue weighted by molar-refractivity contribution is 8.06. The Morgan fingerprint density at radius 2 is 1.74 bits per heavy atom. The highest BCUT2D eigenvalue weighted by Crippen LogP contribution is 2.45. The smallest absolute Gasteiger partial charge is 0.267 e. The van der Waals surface area contributed by atoms with Gasteiger partial charge in [-0.2, -0.15) is 5.26 Å². The molecule has 0 saturated carbocycles. The fraction of sp³-hybridized carbons (Fsp3) is 0.269. The van der Waals surface area contributed by atoms with Gasteiger partial charge in [-0.3, -0.25) is 9.59 Å². The Hall–Kier alpha value is -3.21. The van der Waals surface area contributed by atoms with E-state index >= 15 is 0 Å². The maximum atomic E-state index is 13.4. The van der Waals surface area contributed by atoms with Crippen molar-refractivity contribution in [1.82, 2.24) is 9.80 Å². The van der Waals surface area contributed by atoms with Gasteiger partial charge in [-0.15, -0.1) is 0 Å². The van der Waals surface area contributed by atoms with Gasteiger partial charge in [0.05, 0.1) is 5.70 Å². The lowest BCUT2D eigenvalue weighted by atomic mass is 10.1. The van der Waals surface area contributed by atoms with Crippen LogP contribution < -0.4 is 4.90 Å². The first-order valence-electron chi connectivity index (χ1n) is 11.1. The predicted octanol–water partition coefficient (Wildman–Crippen LogP) is 5.02. The van der Waals surface area contributed by atoms with Gasteiger partial charge in [-0.1, -0.05) is 66.2 Å². The van der Waals surface area contributed by atoms with Crippen LogP contribution in [0.2, 0.25) is 5.02 Å². The minimum Gasteiger partial charge on any atom is -0.339 e. The maximum absolute atomic E-state index is 13.4. The van der Waals surface area contributed by atoms with Gasteiger partial charge in [-0.25, -0.2) is 0 Å². The molecule has 1 saturated heterocycles. The zero-order valence-corrected chi connectivity index (χ0v) is 20.7. The maximum Gasteiger partial charge on any atom is 0.267 e. The molecule has 0 spiro atoms. The minimum atomic E-state index is -0.320. The number of anilines is 1. The van der Waals surface area contributed by atoms with Crippen molar-refractivity contribution >= 4 is 46.6 Å². The van der Waals surface area contributed by atoms with E-state index in [-0.39, 0.29) is 17.4 Å². The fourth-order valence-electron chi connectivity index (χ4n) is 4.02. The Kier molecular flexibility index (Phi) is 7.30. The van der Waals surface area contributed by atoms with Gasteiger partial charge in [0, 0.05) is 48.7 Å². The molecule has 2 aromatic carbocycles. The molecule has 0 aliphatic carbocycles. The lowest BCUT2D eigenvalue weighted by Crippen LogP contribution is -2.51. The molecular formula is C26H25ClN4O2S. The zero-order chi connectivity index (χ0) is 24.2. The van der Waals surface area contributed by atoms with Gasteiger partial charge in [-0.05, 0) is 30.7 Å². The fourth-order valence-corrected chi connectivity index (χ4v) is 5.23. The molecule has 0 N–H and O–H groups in total. The Morgan fingerprint density at radius 3 is 2.35 bits per heavy atom. The van der Waals surface area contributed by atoms with Gasteiger partial charge in [0.15, 0.2) is 0 Å². The quantitative estimate of drug-likeness (QED) is 0.443. The van der Waals surface area contributed by atoms with E-state index in [1.165, 1.54) is 11.8 Å². The average Bonchev–Trinajstić information content (AvgIpc) is 3.29. The van der Waals surface area contributed by atoms with E-state index in [2.05, 4.69) is 6.07 Å². The Morgan fingerprint density at radius 1 is 1.06 bits per heavy atom. The molecule has 2 heterocycles. The SMILES string of the molecule is CCC(=O)N1CCN(C(=O)/C(C#N)=C2\SC=C(c3ccc(C)cc3)N2c2cccc(Cl)c2)CC1. The summed E-state index contributed by atoms with van der Waals surface area (Å²) in [6.45, 7) is 5.63. The van der Waals surface area contributed by atoms with E-state index < -0.39 is 0 Å². The van der Waals surface area contributed by atoms with Crippen LogP contribution in [0, 0.1) is 18.3 Å². The Labute approximate surface area is 209 Å². The van der Waals surface area contributed by atoms with Gasteiger partial charge in [0.2, 0.25) is 5.91 Å². The van der Waals surface area contributed by atoms with Crippen LogP contribution in [0.1, 0.15) is 24.5 Å². The molecule has 0 aromatic heterocycles. The summed E-state index contributed by atoms with van der Waals surface area (Å²) in [4.78, 5) is 30.8. The summed E-state index contributed by atoms with van der Waals surface area (Å²) in [5.41, 5.74) is 3.86. The molecule has 2 aliphatic rings. The van der Waals surface area contributed by atoms with Crippen molar-refractivity contribution in [2.45, 2.75) is 20.3 Å². The van der Waals surface area contributed by atoms with Crippen LogP contribution in [-0.4, -0.2) is 47.8 Å². The largest absolute Gasteiger partial charge is 0.339 e. The van der Waals surface area contributed by atoms with Crippen molar-refractivity contribution in [1.29, 1.82) is 5.26 Å². The highest BCUT2D eigenvalue weighted by atomic mass is 35.5. The molecule has 2 aromatic rings. The molecule has 1 fully saturated rings. The standard InChI is InChI=1S/C26H25ClN4O2S/c1-3-24(32)29-11-13-30(14-12-29)25(33)22(16-28)26-31(21-6-4-5-20(27)15-21)23(17-34-26)19-9-7-18(2)8-10-19/h4-10,15,17H,3,11-14H2,1-2H3/b26-22-. The summed E-state index contributed by atoms with van der Waals surface area (Å²) < 4.78 is 0. The highest BCUT2D eigenvalue weighted by Gasteiger charge is 2.33. The summed E-state index contributed by atoms with van der Waals surface area (Å²) in [5.74, 6) is -0.240. The normalized spacial score (nSPS) is 17.4. The summed E-state index contributed by atoms with van der Waals surface area (Å²) in [6.07, 6.45) is 0.445. The van der Waals surface area contributed by atoms with Gasteiger partial charge < -0.3 is 14.7 Å². The van der Waals surface area contributed by atoms with Crippen LogP contribution in [-0.2, 0) is 9.59 Å². The molecule has 2 amide bonds. The molecule has 0 radical (unpaired) electrons. The van der Waals surface area contributed by atoms with Crippen molar-refractivity contribution < 1.29 is 9.59 Å². The minimum absolute atomic E-state index is 0.0800. The summed E-state index contributed by atoms with van der Waals surface area (Å²) >= 11 is 7.65. The first-order chi connectivity index (χ1) is 16.4. The lowest BCUT2D eigenvalue weighted by Gasteiger charge is -2.35. The molecule has 8 heteroatoms. The summed E-state index contributed by atoms with van der Waals surface area (Å²) in [6, 6.07) is 17.7. The molecular weight excluding hydrogens is 468 g/mol. The third kappa shape index (κ3) is 4.84. The molecule has 2 aliphatic heterocycles. The second-order valence-corrected chi connectivity index (χ2v) is 9.42. The van der Waals surface area contributed by atoms with E-state index in [9.17, 15) is 14.9 Å². The number of hydrogen-bond donors (Lipinski definition) is 0. The lowest BCUT2D eigenvalue weighted by molar-refractivity contribution is -0.137. The van der Waals surface area contributed by atoms with E-state index in [4.69, 9.17) is 11.6 Å². The number of hydrogen-bond acceptors (Lipinski definition) is 5. The van der Waals surface area contributed by atoms with Crippen molar-refractivity contribution in [2.24, 2.45) is 0 Å². The Bertz CT molecular complexity index is 1210. The van der Waals surface area contributed by atoms with Crippen LogP contribution >= 0.6 is 23.4 Å². The van der Waals surface area contributed by atoms with Gasteiger partial charge in [0.1, 0.15) is 16.7 Å². The molecule has 0 unspecified atom stereocenters. The van der Waals surface area contributed by atoms with Gasteiger partial charge in [0.25, 0.3) is 5.91 Å². The number of benzene rings is 2. The monoisotopic (exact) mass is 492 g/mol. The molecule has 6 nitrogen and oxygen atoms in total. The van der Waals surface area contributed by atoms with E-state index in [1.54, 1.807) is 15.9 Å². The first-order valence-corrected chi connectivity index (χ1v) is 12.4. The van der Waals surface area contributed by atoms with Crippen LogP contribution in [0.4, 0.5) is 5.69 Å². The topological polar surface area (TPSA) is 67.6 Å². The molecule has 0 bridgehead atoms. The molecule has 4 rings (SSSR count). The molecule has 0 atom stereocenters. The second-order valence-electron chi connectivity index (χ2n) is 8.12. The average molecular weight is 493 g/mol. The zero-order valence-electron chi connectivity index (χ0n) is 19.1. The predicted molar refractivity (Wildman–Crippen MR) is 137 cm³/mol. The van der Waals surface area contributed by atoms with E-state index in [1.807, 2.05) is 66.6 Å². The molecule has 174 valence electrons. The number of nitrogens with zero attached hydrogens (tertiary/aromatic N) is 4. The number of aryl methyl sites for hydroxylation is 1. The number of amides is 2. The number of carbonyl (C=O) groups excluding carboxylic acids is 2. The third-order valence-corrected chi connectivity index (χ3v) is 7.09. The van der Waals surface area contributed by atoms with Crippen molar-refractivity contribution in [3.8, 4) is 6.07 Å². The van der Waals surface area contributed by atoms with E-state index in [0.717, 1.165) is 22.5 Å². The van der Waals surface area contributed by atoms with Crippen molar-refractivity contribution in [3.63, 3.8) is 0 Å². The number of halogens is 1. The Balaban J connectivity index is 1.69. The van der Waals surface area contributed by atoms with Crippen molar-refractivity contribution in [2.75, 3.05) is 31.1 Å². The van der Waals surface area contributed by atoms with Crippen LogP contribution in [0.3, 0.4) is 0 Å². The van der Waals surface area contributed by atoms with Crippen LogP contribution in [0.15, 0.2) is 64.5 Å². The van der Waals surface area contributed by atoms with E-state index in [0.29, 0.717) is 42.7 Å². The molecule has 34 heavy (non-hydrogen) atoms. The number of thioether (sulfide) groups is 1. The number of carbonyl (C=O) groups is 2. The third-order valence-electron chi connectivity index (χ3n) is 5.90. The number of rotatable bonds is 4. The first kappa shape index (κ1) is 23.9. The summed E-state index contributed by atoms with van der Waals surface area (Å²) in [5, 5.41) is 13.2. The number of nitriles is 1. The second kappa shape index (κ2) is 10.4. The number of piperazine rings is 1. The van der Waals surface area contributed by atoms with Crippen LogP contribution in [0.5, 0.6) is 0 Å². The van der Waals surface area contributed by atoms with Crippen LogP contribution in [0.25, 0.3) is 5.70 Å². The summed E-state index contributed by atoms with van der Waals surface area (Å²) in [7, 11) is 0. The van der Waals surface area contributed by atoms with Gasteiger partial charge >= 0.3 is 0 Å².